The van der Waals surface area contributed by atoms with Crippen molar-refractivity contribution < 1.29 is 9.84 Å². The molecule has 0 radical (unpaired) electrons. The van der Waals surface area contributed by atoms with E-state index in [1.54, 1.807) is 0 Å². The lowest BCUT2D eigenvalue weighted by Gasteiger charge is -2.10. The Balaban J connectivity index is 2.44. The van der Waals surface area contributed by atoms with Crippen LogP contribution in [0, 0.1) is 0 Å². The zero-order valence-corrected chi connectivity index (χ0v) is 9.44. The number of anilines is 2. The van der Waals surface area contributed by atoms with Gasteiger partial charge in [-0.15, -0.1) is 0 Å². The molecule has 0 unspecified atom stereocenters. The number of aromatic nitrogens is 2. The molecule has 1 rings (SSSR count). The fourth-order valence-corrected chi connectivity index (χ4v) is 1.34. The molecule has 0 aliphatic rings. The highest BCUT2D eigenvalue weighted by Crippen LogP contribution is 2.16. The molecule has 0 spiro atoms. The second kappa shape index (κ2) is 6.97. The first-order valence-electron chi connectivity index (χ1n) is 5.31. The first kappa shape index (κ1) is 12.7. The molecule has 90 valence electrons. The highest BCUT2D eigenvalue weighted by molar-refractivity contribution is 5.54. The summed E-state index contributed by atoms with van der Waals surface area (Å²) >= 11 is 0. The van der Waals surface area contributed by atoms with Crippen LogP contribution in [0.2, 0.25) is 0 Å². The molecule has 0 aliphatic heterocycles. The van der Waals surface area contributed by atoms with Crippen molar-refractivity contribution in [2.45, 2.75) is 13.3 Å². The van der Waals surface area contributed by atoms with E-state index in [2.05, 4.69) is 15.3 Å². The van der Waals surface area contributed by atoms with E-state index in [1.165, 1.54) is 6.33 Å². The standard InChI is InChI=1S/C10H18N4O2/c1-2-8-9(11)13-7-14-10(8)12-3-5-16-6-4-15/h7,15H,2-6H2,1H3,(H3,11,12,13,14). The van der Waals surface area contributed by atoms with E-state index in [1.807, 2.05) is 6.92 Å². The third-order valence-electron chi connectivity index (χ3n) is 2.11. The van der Waals surface area contributed by atoms with Gasteiger partial charge in [0.05, 0.1) is 19.8 Å². The Morgan fingerprint density at radius 3 is 2.94 bits per heavy atom. The quantitative estimate of drug-likeness (QED) is 0.568. The van der Waals surface area contributed by atoms with E-state index in [4.69, 9.17) is 15.6 Å². The number of rotatable bonds is 7. The topological polar surface area (TPSA) is 93.3 Å². The molecule has 6 nitrogen and oxygen atoms in total. The summed E-state index contributed by atoms with van der Waals surface area (Å²) in [4.78, 5) is 8.05. The molecule has 1 aromatic rings. The number of nitrogens with two attached hydrogens (primary N) is 1. The first-order valence-corrected chi connectivity index (χ1v) is 5.31. The van der Waals surface area contributed by atoms with E-state index < -0.39 is 0 Å². The maximum atomic E-state index is 8.52. The minimum Gasteiger partial charge on any atom is -0.394 e. The Hall–Kier alpha value is -1.40. The van der Waals surface area contributed by atoms with E-state index >= 15 is 0 Å². The summed E-state index contributed by atoms with van der Waals surface area (Å²) in [5.74, 6) is 1.26. The van der Waals surface area contributed by atoms with Crippen molar-refractivity contribution >= 4 is 11.6 Å². The van der Waals surface area contributed by atoms with Gasteiger partial charge in [0.15, 0.2) is 0 Å². The molecular formula is C10H18N4O2. The van der Waals surface area contributed by atoms with Gasteiger partial charge in [-0.1, -0.05) is 6.92 Å². The minimum atomic E-state index is 0.0423. The summed E-state index contributed by atoms with van der Waals surface area (Å²) in [7, 11) is 0. The van der Waals surface area contributed by atoms with Crippen molar-refractivity contribution in [3.8, 4) is 0 Å². The molecule has 16 heavy (non-hydrogen) atoms. The Morgan fingerprint density at radius 1 is 1.44 bits per heavy atom. The summed E-state index contributed by atoms with van der Waals surface area (Å²) in [5.41, 5.74) is 6.65. The third-order valence-corrected chi connectivity index (χ3v) is 2.11. The molecule has 0 aromatic carbocycles. The molecule has 0 fully saturated rings. The number of nitrogens with one attached hydrogen (secondary N) is 1. The fourth-order valence-electron chi connectivity index (χ4n) is 1.34. The molecule has 0 aliphatic carbocycles. The zero-order chi connectivity index (χ0) is 11.8. The minimum absolute atomic E-state index is 0.0423. The summed E-state index contributed by atoms with van der Waals surface area (Å²) in [6.45, 7) is 3.55. The van der Waals surface area contributed by atoms with Crippen LogP contribution in [-0.2, 0) is 11.2 Å². The van der Waals surface area contributed by atoms with Crippen molar-refractivity contribution in [1.82, 2.24) is 9.97 Å². The summed E-state index contributed by atoms with van der Waals surface area (Å²) in [5, 5.41) is 11.6. The van der Waals surface area contributed by atoms with Gasteiger partial charge >= 0.3 is 0 Å². The monoisotopic (exact) mass is 226 g/mol. The van der Waals surface area contributed by atoms with Crippen molar-refractivity contribution in [1.29, 1.82) is 0 Å². The maximum absolute atomic E-state index is 8.52. The fraction of sp³-hybridized carbons (Fsp3) is 0.600. The molecule has 0 saturated carbocycles. The van der Waals surface area contributed by atoms with Crippen molar-refractivity contribution in [3.05, 3.63) is 11.9 Å². The van der Waals surface area contributed by atoms with E-state index in [-0.39, 0.29) is 6.61 Å². The van der Waals surface area contributed by atoms with Crippen molar-refractivity contribution in [2.75, 3.05) is 37.4 Å². The Kier molecular flexibility index (Phi) is 5.52. The molecule has 1 heterocycles. The van der Waals surface area contributed by atoms with Crippen molar-refractivity contribution in [3.63, 3.8) is 0 Å². The second-order valence-electron chi connectivity index (χ2n) is 3.20. The van der Waals surface area contributed by atoms with Gasteiger partial charge in [0.25, 0.3) is 0 Å². The van der Waals surface area contributed by atoms with E-state index in [0.717, 1.165) is 17.8 Å². The Bertz CT molecular complexity index is 320. The lowest BCUT2D eigenvalue weighted by molar-refractivity contribution is 0.0992. The molecule has 1 aromatic heterocycles. The summed E-state index contributed by atoms with van der Waals surface area (Å²) in [6, 6.07) is 0. The van der Waals surface area contributed by atoms with Gasteiger partial charge in [-0.05, 0) is 6.42 Å². The van der Waals surface area contributed by atoms with Crippen LogP contribution in [0.3, 0.4) is 0 Å². The number of hydrogen-bond donors (Lipinski definition) is 3. The van der Waals surface area contributed by atoms with Crippen molar-refractivity contribution in [2.24, 2.45) is 0 Å². The van der Waals surface area contributed by atoms with Gasteiger partial charge in [-0.25, -0.2) is 9.97 Å². The highest BCUT2D eigenvalue weighted by Gasteiger charge is 2.05. The van der Waals surface area contributed by atoms with Gasteiger partial charge in [-0.3, -0.25) is 0 Å². The van der Waals surface area contributed by atoms with Gasteiger partial charge in [0.2, 0.25) is 0 Å². The van der Waals surface area contributed by atoms with Crippen LogP contribution < -0.4 is 11.1 Å². The molecule has 6 heteroatoms. The Morgan fingerprint density at radius 2 is 2.25 bits per heavy atom. The molecule has 0 atom stereocenters. The predicted molar refractivity (Wildman–Crippen MR) is 62.2 cm³/mol. The predicted octanol–water partition coefficient (Wildman–Crippen LogP) is 0.0420. The number of hydrogen-bond acceptors (Lipinski definition) is 6. The molecule has 0 amide bonds. The molecule has 4 N–H and O–H groups in total. The number of aliphatic hydroxyl groups is 1. The average molecular weight is 226 g/mol. The van der Waals surface area contributed by atoms with Gasteiger partial charge in [0.1, 0.15) is 18.0 Å². The number of nitrogen functional groups attached to an aromatic ring is 1. The van der Waals surface area contributed by atoms with Gasteiger partial charge < -0.3 is 20.9 Å². The highest BCUT2D eigenvalue weighted by atomic mass is 16.5. The van der Waals surface area contributed by atoms with Crippen LogP contribution in [0.15, 0.2) is 6.33 Å². The van der Waals surface area contributed by atoms with Crippen LogP contribution in [-0.4, -0.2) is 41.4 Å². The Labute approximate surface area is 94.9 Å². The number of aliphatic hydroxyl groups excluding tert-OH is 1. The average Bonchev–Trinajstić information content (AvgIpc) is 2.29. The third kappa shape index (κ3) is 3.63. The van der Waals surface area contributed by atoms with Crippen LogP contribution in [0.1, 0.15) is 12.5 Å². The SMILES string of the molecule is CCc1c(N)ncnc1NCCOCCO. The largest absolute Gasteiger partial charge is 0.394 e. The van der Waals surface area contributed by atoms with E-state index in [0.29, 0.717) is 25.6 Å². The lowest BCUT2D eigenvalue weighted by atomic mass is 10.2. The smallest absolute Gasteiger partial charge is 0.134 e. The zero-order valence-electron chi connectivity index (χ0n) is 9.44. The normalized spacial score (nSPS) is 10.4. The van der Waals surface area contributed by atoms with Crippen LogP contribution in [0.25, 0.3) is 0 Å². The van der Waals surface area contributed by atoms with Gasteiger partial charge in [-0.2, -0.15) is 0 Å². The van der Waals surface area contributed by atoms with Crippen LogP contribution >= 0.6 is 0 Å². The van der Waals surface area contributed by atoms with Crippen LogP contribution in [0.4, 0.5) is 11.6 Å². The first-order chi connectivity index (χ1) is 7.79. The maximum Gasteiger partial charge on any atom is 0.134 e. The van der Waals surface area contributed by atoms with Crippen LogP contribution in [0.5, 0.6) is 0 Å². The molecular weight excluding hydrogens is 208 g/mol. The summed E-state index contributed by atoms with van der Waals surface area (Å²) in [6.07, 6.45) is 2.22. The number of ether oxygens (including phenoxy) is 1. The number of nitrogens with zero attached hydrogens (tertiary/aromatic N) is 2. The molecule has 0 saturated heterocycles. The van der Waals surface area contributed by atoms with E-state index in [9.17, 15) is 0 Å². The lowest BCUT2D eigenvalue weighted by Crippen LogP contribution is -2.14. The second-order valence-corrected chi connectivity index (χ2v) is 3.20. The van der Waals surface area contributed by atoms with Gasteiger partial charge in [0, 0.05) is 12.1 Å². The summed E-state index contributed by atoms with van der Waals surface area (Å²) < 4.78 is 5.12. The molecule has 0 bridgehead atoms.